The fourth-order valence-electron chi connectivity index (χ4n) is 1.87. The molecule has 3 rings (SSSR count). The van der Waals surface area contributed by atoms with E-state index in [1.54, 1.807) is 30.2 Å². The van der Waals surface area contributed by atoms with Crippen LogP contribution in [0.5, 0.6) is 5.75 Å². The normalized spacial score (nSPS) is 12.9. The third kappa shape index (κ3) is 1.89. The molecule has 5 heteroatoms. The zero-order valence-corrected chi connectivity index (χ0v) is 11.7. The highest BCUT2D eigenvalue weighted by molar-refractivity contribution is 8.13. The number of rotatable bonds is 1. The minimum Gasteiger partial charge on any atom is -0.497 e. The van der Waals surface area contributed by atoms with Gasteiger partial charge in [-0.05, 0) is 18.4 Å². The van der Waals surface area contributed by atoms with Crippen molar-refractivity contribution in [2.75, 3.05) is 18.7 Å². The maximum atomic E-state index is 5.25. The number of nitrogens with one attached hydrogen (secondary N) is 1. The molecule has 0 saturated heterocycles. The summed E-state index contributed by atoms with van der Waals surface area (Å²) in [7, 11) is 1.67. The molecule has 2 aromatic rings. The molecular formula is C13H12N2OS2. The highest BCUT2D eigenvalue weighted by atomic mass is 32.2. The van der Waals surface area contributed by atoms with Gasteiger partial charge in [0.2, 0.25) is 0 Å². The van der Waals surface area contributed by atoms with E-state index in [0.717, 1.165) is 27.9 Å². The van der Waals surface area contributed by atoms with Crippen LogP contribution in [0.1, 0.15) is 5.56 Å². The summed E-state index contributed by atoms with van der Waals surface area (Å²) in [5.74, 6) is 0.823. The van der Waals surface area contributed by atoms with Crippen molar-refractivity contribution in [1.82, 2.24) is 0 Å². The van der Waals surface area contributed by atoms with Crippen molar-refractivity contribution in [3.05, 3.63) is 34.5 Å². The van der Waals surface area contributed by atoms with Gasteiger partial charge in [-0.3, -0.25) is 0 Å². The molecule has 2 heterocycles. The van der Waals surface area contributed by atoms with Crippen molar-refractivity contribution in [3.8, 4) is 5.75 Å². The van der Waals surface area contributed by atoms with Crippen LogP contribution in [-0.2, 0) is 0 Å². The third-order valence-electron chi connectivity index (χ3n) is 2.78. The zero-order chi connectivity index (χ0) is 12.5. The van der Waals surface area contributed by atoms with Gasteiger partial charge in [0.15, 0.2) is 0 Å². The molecule has 0 aliphatic carbocycles. The number of fused-ring (bicyclic) bond motifs is 2. The molecule has 0 unspecified atom stereocenters. The molecule has 0 spiro atoms. The molecule has 92 valence electrons. The van der Waals surface area contributed by atoms with Crippen molar-refractivity contribution in [1.29, 1.82) is 0 Å². The highest BCUT2D eigenvalue weighted by Crippen LogP contribution is 2.39. The molecule has 1 aromatic carbocycles. The van der Waals surface area contributed by atoms with Gasteiger partial charge in [0, 0.05) is 22.4 Å². The number of thioether (sulfide) groups is 1. The Labute approximate surface area is 114 Å². The van der Waals surface area contributed by atoms with E-state index in [2.05, 4.69) is 16.1 Å². The number of anilines is 2. The Morgan fingerprint density at radius 2 is 2.17 bits per heavy atom. The largest absolute Gasteiger partial charge is 0.497 e. The molecule has 1 aromatic heterocycles. The van der Waals surface area contributed by atoms with Crippen LogP contribution >= 0.6 is 23.1 Å². The summed E-state index contributed by atoms with van der Waals surface area (Å²) in [5, 5.41) is 8.70. The van der Waals surface area contributed by atoms with E-state index in [9.17, 15) is 0 Å². The Morgan fingerprint density at radius 1 is 1.28 bits per heavy atom. The molecule has 18 heavy (non-hydrogen) atoms. The monoisotopic (exact) mass is 276 g/mol. The number of hydrogen-bond acceptors (Lipinski definition) is 5. The van der Waals surface area contributed by atoms with Crippen LogP contribution in [0.4, 0.5) is 17.1 Å². The molecule has 0 fully saturated rings. The summed E-state index contributed by atoms with van der Waals surface area (Å²) in [5.41, 5.74) is 4.22. The summed E-state index contributed by atoms with van der Waals surface area (Å²) >= 11 is 3.34. The fourth-order valence-corrected chi connectivity index (χ4v) is 3.28. The molecule has 0 radical (unpaired) electrons. The Bertz CT molecular complexity index is 619. The van der Waals surface area contributed by atoms with Gasteiger partial charge >= 0.3 is 0 Å². The predicted octanol–water partition coefficient (Wildman–Crippen LogP) is 4.26. The smallest absolute Gasteiger partial charge is 0.121 e. The molecule has 0 amide bonds. The maximum Gasteiger partial charge on any atom is 0.121 e. The van der Waals surface area contributed by atoms with Crippen LogP contribution in [-0.4, -0.2) is 18.4 Å². The first-order valence-corrected chi connectivity index (χ1v) is 7.63. The number of ether oxygens (including phenoxy) is 1. The lowest BCUT2D eigenvalue weighted by atomic mass is 10.2. The number of thiophene rings is 1. The van der Waals surface area contributed by atoms with Gasteiger partial charge in [-0.15, -0.1) is 23.1 Å². The number of methoxy groups -OCH3 is 1. The number of hydrogen-bond donors (Lipinski definition) is 1. The van der Waals surface area contributed by atoms with Crippen molar-refractivity contribution in [2.45, 2.75) is 0 Å². The van der Waals surface area contributed by atoms with E-state index >= 15 is 0 Å². The second-order valence-corrected chi connectivity index (χ2v) is 5.37. The topological polar surface area (TPSA) is 33.6 Å². The Kier molecular flexibility index (Phi) is 3.01. The van der Waals surface area contributed by atoms with Crippen LogP contribution < -0.4 is 10.1 Å². The Balaban J connectivity index is 2.17. The molecule has 1 N–H and O–H groups in total. The van der Waals surface area contributed by atoms with Gasteiger partial charge in [-0.1, -0.05) is 0 Å². The summed E-state index contributed by atoms with van der Waals surface area (Å²) in [6.45, 7) is 0. The molecule has 0 saturated carbocycles. The van der Waals surface area contributed by atoms with Crippen LogP contribution in [0.25, 0.3) is 0 Å². The molecule has 1 aliphatic heterocycles. The van der Waals surface area contributed by atoms with Gasteiger partial charge in [0.05, 0.1) is 24.2 Å². The first kappa shape index (κ1) is 11.6. The lowest BCUT2D eigenvalue weighted by molar-refractivity contribution is 0.415. The second-order valence-electron chi connectivity index (χ2n) is 3.83. The summed E-state index contributed by atoms with van der Waals surface area (Å²) in [4.78, 5) is 4.72. The minimum absolute atomic E-state index is 0.823. The molecule has 3 nitrogen and oxygen atoms in total. The number of aliphatic imine (C=N–C) groups is 1. The van der Waals surface area contributed by atoms with Crippen LogP contribution in [0.2, 0.25) is 0 Å². The average Bonchev–Trinajstić information content (AvgIpc) is 2.80. The van der Waals surface area contributed by atoms with E-state index in [0.29, 0.717) is 0 Å². The molecule has 0 bridgehead atoms. The van der Waals surface area contributed by atoms with Crippen molar-refractivity contribution < 1.29 is 4.74 Å². The quantitative estimate of drug-likeness (QED) is 0.845. The van der Waals surface area contributed by atoms with Gasteiger partial charge in [0.1, 0.15) is 10.8 Å². The Morgan fingerprint density at radius 3 is 2.94 bits per heavy atom. The van der Waals surface area contributed by atoms with E-state index in [4.69, 9.17) is 9.73 Å². The SMILES string of the molecule is COc1ccc2c(c1)N=C(SC)c1cscc1N2. The Hall–Kier alpha value is -1.46. The van der Waals surface area contributed by atoms with Gasteiger partial charge in [-0.2, -0.15) is 0 Å². The standard InChI is InChI=1S/C13H12N2OS2/c1-16-8-3-4-10-11(5-8)15-13(17-2)9-6-18-7-12(9)14-10/h3-7,14H,1-2H3. The van der Waals surface area contributed by atoms with Crippen molar-refractivity contribution in [2.24, 2.45) is 4.99 Å². The second kappa shape index (κ2) is 4.66. The molecule has 0 atom stereocenters. The van der Waals surface area contributed by atoms with Gasteiger partial charge in [-0.25, -0.2) is 4.99 Å². The zero-order valence-electron chi connectivity index (χ0n) is 10.1. The van der Waals surface area contributed by atoms with Gasteiger partial charge in [0.25, 0.3) is 0 Å². The van der Waals surface area contributed by atoms with Crippen molar-refractivity contribution in [3.63, 3.8) is 0 Å². The first-order chi connectivity index (χ1) is 8.81. The van der Waals surface area contributed by atoms with Crippen LogP contribution in [0.3, 0.4) is 0 Å². The van der Waals surface area contributed by atoms with Crippen LogP contribution in [0, 0.1) is 0 Å². The van der Waals surface area contributed by atoms with Gasteiger partial charge < -0.3 is 10.1 Å². The van der Waals surface area contributed by atoms with E-state index in [-0.39, 0.29) is 0 Å². The highest BCUT2D eigenvalue weighted by Gasteiger charge is 2.16. The minimum atomic E-state index is 0.823. The van der Waals surface area contributed by atoms with E-state index in [1.807, 2.05) is 24.5 Å². The van der Waals surface area contributed by atoms with E-state index in [1.165, 1.54) is 5.56 Å². The molecular weight excluding hydrogens is 264 g/mol. The fraction of sp³-hybridized carbons (Fsp3) is 0.154. The first-order valence-electron chi connectivity index (χ1n) is 5.46. The molecule has 1 aliphatic rings. The number of nitrogens with zero attached hydrogens (tertiary/aromatic N) is 1. The van der Waals surface area contributed by atoms with E-state index < -0.39 is 0 Å². The maximum absolute atomic E-state index is 5.25. The average molecular weight is 276 g/mol. The summed E-state index contributed by atoms with van der Waals surface area (Å²) in [6.07, 6.45) is 2.05. The lowest BCUT2D eigenvalue weighted by Crippen LogP contribution is -1.94. The predicted molar refractivity (Wildman–Crippen MR) is 80.3 cm³/mol. The number of benzene rings is 1. The summed E-state index contributed by atoms with van der Waals surface area (Å²) in [6, 6.07) is 5.90. The lowest BCUT2D eigenvalue weighted by Gasteiger charge is -2.07. The van der Waals surface area contributed by atoms with Crippen LogP contribution in [0.15, 0.2) is 34.0 Å². The van der Waals surface area contributed by atoms with Crippen molar-refractivity contribution >= 4 is 45.2 Å². The summed E-state index contributed by atoms with van der Waals surface area (Å²) < 4.78 is 5.25. The third-order valence-corrected chi connectivity index (χ3v) is 4.22.